The predicted molar refractivity (Wildman–Crippen MR) is 160 cm³/mol. The molecule has 0 aliphatic rings. The lowest BCUT2D eigenvalue weighted by atomic mass is 10.1. The van der Waals surface area contributed by atoms with Gasteiger partial charge in [-0.15, -0.1) is 0 Å². The molecule has 1 aromatic heterocycles. The number of nitro groups is 1. The number of benzene rings is 1. The van der Waals surface area contributed by atoms with Crippen LogP contribution in [0.15, 0.2) is 16.8 Å². The summed E-state index contributed by atoms with van der Waals surface area (Å²) < 4.78 is 30.2. The van der Waals surface area contributed by atoms with Gasteiger partial charge in [0.25, 0.3) is 7.82 Å². The number of carbonyl (C=O) groups is 2. The molecule has 0 fully saturated rings. The zero-order chi connectivity index (χ0) is 31.5. The first-order valence-electron chi connectivity index (χ1n) is 14.8. The van der Waals surface area contributed by atoms with Crippen LogP contribution >= 0.6 is 7.82 Å². The third kappa shape index (κ3) is 16.1. The highest BCUT2D eigenvalue weighted by molar-refractivity contribution is 7.44. The van der Waals surface area contributed by atoms with Gasteiger partial charge < -0.3 is 35.3 Å². The molecule has 1 heterocycles. The molecule has 2 rings (SSSR count). The van der Waals surface area contributed by atoms with Gasteiger partial charge >= 0.3 is 17.6 Å². The van der Waals surface area contributed by atoms with Crippen LogP contribution in [0.4, 0.5) is 11.4 Å². The first-order valence-corrected chi connectivity index (χ1v) is 16.3. The summed E-state index contributed by atoms with van der Waals surface area (Å²) in [6.07, 6.45) is 10.3. The molecule has 0 radical (unpaired) electrons. The number of hydrogen-bond acceptors (Lipinski definition) is 13. The number of hydrogen-bond donors (Lipinski definition) is 3. The summed E-state index contributed by atoms with van der Waals surface area (Å²) in [6, 6.07) is 2.99. The van der Waals surface area contributed by atoms with Crippen LogP contribution in [0.2, 0.25) is 0 Å². The molecule has 0 aliphatic carbocycles. The van der Waals surface area contributed by atoms with Crippen molar-refractivity contribution in [2.24, 2.45) is 0 Å². The highest BCUT2D eigenvalue weighted by Crippen LogP contribution is 2.31. The molecule has 2 aromatic rings. The van der Waals surface area contributed by atoms with Crippen molar-refractivity contribution < 1.29 is 47.5 Å². The van der Waals surface area contributed by atoms with Gasteiger partial charge in [-0.2, -0.15) is 0 Å². The minimum atomic E-state index is -5.01. The number of unbranched alkanes of at least 4 members (excludes halogenated alkanes) is 10. The summed E-state index contributed by atoms with van der Waals surface area (Å²) in [5.74, 6) is -1.04. The van der Waals surface area contributed by atoms with Gasteiger partial charge in [-0.05, 0) is 35.6 Å². The maximum Gasteiger partial charge on any atom is 0.306 e. The fourth-order valence-corrected chi connectivity index (χ4v) is 4.67. The molecule has 0 bridgehead atoms. The molecule has 0 amide bonds. The summed E-state index contributed by atoms with van der Waals surface area (Å²) in [7, 11) is -5.01. The number of phosphoric acid groups is 1. The van der Waals surface area contributed by atoms with E-state index in [2.05, 4.69) is 24.8 Å². The van der Waals surface area contributed by atoms with Crippen molar-refractivity contribution >= 4 is 42.2 Å². The monoisotopic (exact) mass is 647 g/mol. The number of nitro benzene ring substituents is 1. The number of anilines is 1. The molecule has 6 N–H and O–H groups in total. The van der Waals surface area contributed by atoms with Crippen molar-refractivity contribution in [1.29, 1.82) is 0 Å². The fraction of sp³-hybridized carbons (Fsp3) is 0.704. The maximum atomic E-state index is 12.2. The van der Waals surface area contributed by atoms with Crippen LogP contribution in [0.5, 0.6) is 0 Å². The Morgan fingerprint density at radius 1 is 0.955 bits per heavy atom. The van der Waals surface area contributed by atoms with Gasteiger partial charge in [0.05, 0.1) is 17.2 Å². The highest BCUT2D eigenvalue weighted by Gasteiger charge is 2.20. The second-order valence-electron chi connectivity index (χ2n) is 10.2. The largest absolute Gasteiger partial charge is 0.756 e. The van der Waals surface area contributed by atoms with E-state index in [-0.39, 0.29) is 36.8 Å². The van der Waals surface area contributed by atoms with Crippen LogP contribution in [0, 0.1) is 10.1 Å². The van der Waals surface area contributed by atoms with Crippen molar-refractivity contribution in [2.75, 3.05) is 25.1 Å². The standard InChI is InChI=1S/C27H43N4O11P.H3N/c1-2-3-11-14-24(32)39-19-21(20-40-43(36,37)38)41-25(33)15-12-9-7-5-4-6-8-10-13-18-28-22-16-17-23(31(34)35)27-26(22)29-42-30-27;/h16-17,21,28H,2-15,18-20H2,1H3,(H2,36,37,38);1H3/t21-;/m1./s1. The molecule has 16 nitrogen and oxygen atoms in total. The number of nitrogens with zero attached hydrogens (tertiary/aromatic N) is 3. The molecule has 1 aromatic carbocycles. The van der Waals surface area contributed by atoms with Crippen LogP contribution in [0.1, 0.15) is 96.8 Å². The smallest absolute Gasteiger partial charge is 0.306 e. The summed E-state index contributed by atoms with van der Waals surface area (Å²) in [5, 5.41) is 21.7. The van der Waals surface area contributed by atoms with E-state index in [9.17, 15) is 29.2 Å². The Balaban J connectivity index is 0.00000968. The van der Waals surface area contributed by atoms with Gasteiger partial charge in [0.15, 0.2) is 11.6 Å². The summed E-state index contributed by atoms with van der Waals surface area (Å²) in [4.78, 5) is 54.3. The number of ether oxygens (including phenoxy) is 2. The highest BCUT2D eigenvalue weighted by atomic mass is 31.2. The van der Waals surface area contributed by atoms with Crippen molar-refractivity contribution in [3.05, 3.63) is 22.2 Å². The molecular formula is C27H46N5O11P. The van der Waals surface area contributed by atoms with E-state index in [1.54, 1.807) is 6.07 Å². The molecule has 17 heteroatoms. The van der Waals surface area contributed by atoms with Crippen LogP contribution in [-0.4, -0.2) is 57.9 Å². The topological polar surface area (TPSA) is 253 Å². The molecule has 0 saturated carbocycles. The van der Waals surface area contributed by atoms with E-state index in [0.717, 1.165) is 64.2 Å². The molecule has 2 atom stereocenters. The number of aromatic nitrogens is 2. The number of nitrogens with one attached hydrogen (secondary N) is 1. The number of rotatable bonds is 24. The Morgan fingerprint density at radius 3 is 2.18 bits per heavy atom. The van der Waals surface area contributed by atoms with Gasteiger partial charge in [0.1, 0.15) is 6.61 Å². The SMILES string of the molecule is CCCCCC(=O)OC[C@H](COP(=O)([O-])O)OC(=O)CCCCCCCCCCCNc1ccc([N+](=O)[O-])c2nonc12.[NH4+]. The number of esters is 2. The van der Waals surface area contributed by atoms with Crippen molar-refractivity contribution in [2.45, 2.75) is 103 Å². The summed E-state index contributed by atoms with van der Waals surface area (Å²) in [6.45, 7) is 1.70. The lowest BCUT2D eigenvalue weighted by Gasteiger charge is -2.21. The zero-order valence-electron chi connectivity index (χ0n) is 25.6. The number of non-ortho nitro benzene ring substituents is 1. The minimum absolute atomic E-state index is 0. The first-order chi connectivity index (χ1) is 20.6. The number of carbonyl (C=O) groups excluding carboxylic acids is 2. The number of fused-ring (bicyclic) bond motifs is 1. The van der Waals surface area contributed by atoms with Crippen molar-refractivity contribution in [3.8, 4) is 0 Å². The Labute approximate surface area is 256 Å². The molecule has 0 aliphatic heterocycles. The van der Waals surface area contributed by atoms with E-state index >= 15 is 0 Å². The van der Waals surface area contributed by atoms with Gasteiger partial charge in [-0.3, -0.25) is 24.3 Å². The third-order valence-electron chi connectivity index (χ3n) is 6.60. The van der Waals surface area contributed by atoms with E-state index in [1.165, 1.54) is 6.07 Å². The van der Waals surface area contributed by atoms with Crippen LogP contribution < -0.4 is 16.4 Å². The second-order valence-corrected chi connectivity index (χ2v) is 11.4. The van der Waals surface area contributed by atoms with E-state index < -0.39 is 37.4 Å². The number of quaternary nitrogens is 1. The normalized spacial score (nSPS) is 13.1. The maximum absolute atomic E-state index is 12.2. The van der Waals surface area contributed by atoms with E-state index in [4.69, 9.17) is 14.4 Å². The number of phosphoric ester groups is 1. The Hall–Kier alpha value is -3.17. The Bertz CT molecular complexity index is 1190. The molecule has 1 unspecified atom stereocenters. The average molecular weight is 648 g/mol. The molecule has 0 spiro atoms. The van der Waals surface area contributed by atoms with Crippen LogP contribution in [0.25, 0.3) is 11.0 Å². The Morgan fingerprint density at radius 2 is 1.55 bits per heavy atom. The van der Waals surface area contributed by atoms with Crippen LogP contribution in [-0.2, 0) is 28.2 Å². The average Bonchev–Trinajstić information content (AvgIpc) is 3.45. The van der Waals surface area contributed by atoms with E-state index in [0.29, 0.717) is 30.6 Å². The van der Waals surface area contributed by atoms with Crippen molar-refractivity contribution in [3.63, 3.8) is 0 Å². The zero-order valence-corrected chi connectivity index (χ0v) is 26.5. The summed E-state index contributed by atoms with van der Waals surface area (Å²) in [5.41, 5.74) is 0.964. The Kier molecular flexibility index (Phi) is 19.0. The molecule has 44 heavy (non-hydrogen) atoms. The van der Waals surface area contributed by atoms with Gasteiger partial charge in [-0.25, -0.2) is 4.63 Å². The third-order valence-corrected chi connectivity index (χ3v) is 7.08. The molecule has 0 saturated heterocycles. The summed E-state index contributed by atoms with van der Waals surface area (Å²) >= 11 is 0. The second kappa shape index (κ2) is 21.5. The first kappa shape index (κ1) is 38.9. The predicted octanol–water partition coefficient (Wildman–Crippen LogP) is 5.33. The van der Waals surface area contributed by atoms with Crippen molar-refractivity contribution in [1.82, 2.24) is 16.5 Å². The molecule has 250 valence electrons. The molecular weight excluding hydrogens is 601 g/mol. The minimum Gasteiger partial charge on any atom is -0.756 e. The lowest BCUT2D eigenvalue weighted by Crippen LogP contribution is -2.30. The van der Waals surface area contributed by atoms with Gasteiger partial charge in [0.2, 0.25) is 5.52 Å². The van der Waals surface area contributed by atoms with Crippen LogP contribution in [0.3, 0.4) is 0 Å². The fourth-order valence-electron chi connectivity index (χ4n) is 4.31. The van der Waals surface area contributed by atoms with E-state index in [1.807, 2.05) is 6.92 Å². The van der Waals surface area contributed by atoms with Gasteiger partial charge in [0, 0.05) is 25.5 Å². The lowest BCUT2D eigenvalue weighted by molar-refractivity contribution is -0.383. The van der Waals surface area contributed by atoms with Gasteiger partial charge in [-0.1, -0.05) is 64.7 Å². The quantitative estimate of drug-likeness (QED) is 0.0428.